The first-order valence-corrected chi connectivity index (χ1v) is 9.93. The minimum atomic E-state index is -3.14. The summed E-state index contributed by atoms with van der Waals surface area (Å²) in [6, 6.07) is 7.49. The number of sulfonamides is 1. The zero-order valence-electron chi connectivity index (χ0n) is 15.2. The van der Waals surface area contributed by atoms with Crippen molar-refractivity contribution in [3.63, 3.8) is 0 Å². The van der Waals surface area contributed by atoms with Crippen molar-refractivity contribution < 1.29 is 17.9 Å². The van der Waals surface area contributed by atoms with E-state index in [0.29, 0.717) is 43.5 Å². The van der Waals surface area contributed by atoms with Gasteiger partial charge in [0.2, 0.25) is 10.0 Å². The highest BCUT2D eigenvalue weighted by Crippen LogP contribution is 2.26. The van der Waals surface area contributed by atoms with E-state index in [2.05, 4.69) is 20.3 Å². The summed E-state index contributed by atoms with van der Waals surface area (Å²) in [5, 5.41) is 6.29. The molecule has 8 nitrogen and oxygen atoms in total. The number of hydrogen-bond acceptors (Lipinski definition) is 5. The lowest BCUT2D eigenvalue weighted by atomic mass is 10.3. The van der Waals surface area contributed by atoms with Gasteiger partial charge in [0.1, 0.15) is 6.10 Å². The van der Waals surface area contributed by atoms with Gasteiger partial charge in [0, 0.05) is 20.1 Å². The first-order chi connectivity index (χ1) is 11.9. The third-order valence-electron chi connectivity index (χ3n) is 3.19. The molecule has 142 valence electrons. The van der Waals surface area contributed by atoms with Crippen LogP contribution in [0, 0.1) is 0 Å². The Morgan fingerprint density at radius 2 is 1.88 bits per heavy atom. The monoisotopic (exact) mass is 372 g/mol. The standard InChI is InChI=1S/C16H28N4O4S/c1-13(24-15-9-6-5-8-14(15)23-3)12-19-16(17-2)18-10-7-11-20-25(4,21)22/h5-6,8-9,13,20H,7,10-12H2,1-4H3,(H2,17,18,19). The molecule has 25 heavy (non-hydrogen) atoms. The lowest BCUT2D eigenvalue weighted by Gasteiger charge is -2.19. The number of benzene rings is 1. The summed E-state index contributed by atoms with van der Waals surface area (Å²) in [7, 11) is 0.145. The Kier molecular flexibility index (Phi) is 9.07. The fourth-order valence-corrected chi connectivity index (χ4v) is 2.50. The number of nitrogens with zero attached hydrogens (tertiary/aromatic N) is 1. The second-order valence-electron chi connectivity index (χ2n) is 5.48. The van der Waals surface area contributed by atoms with Crippen LogP contribution in [0.3, 0.4) is 0 Å². The highest BCUT2D eigenvalue weighted by Gasteiger charge is 2.09. The summed E-state index contributed by atoms with van der Waals surface area (Å²) in [6.07, 6.45) is 1.70. The van der Waals surface area contributed by atoms with Crippen molar-refractivity contribution in [3.8, 4) is 11.5 Å². The number of nitrogens with one attached hydrogen (secondary N) is 3. The molecule has 0 fully saturated rings. The molecule has 0 aromatic heterocycles. The number of ether oxygens (including phenoxy) is 2. The van der Waals surface area contributed by atoms with Gasteiger partial charge in [-0.2, -0.15) is 0 Å². The van der Waals surface area contributed by atoms with E-state index < -0.39 is 10.0 Å². The zero-order chi connectivity index (χ0) is 18.7. The summed E-state index contributed by atoms with van der Waals surface area (Å²) >= 11 is 0. The Bertz CT molecular complexity index is 649. The summed E-state index contributed by atoms with van der Waals surface area (Å²) < 4.78 is 35.5. The van der Waals surface area contributed by atoms with Crippen LogP contribution >= 0.6 is 0 Å². The largest absolute Gasteiger partial charge is 0.493 e. The van der Waals surface area contributed by atoms with Crippen molar-refractivity contribution in [1.29, 1.82) is 0 Å². The minimum Gasteiger partial charge on any atom is -0.493 e. The van der Waals surface area contributed by atoms with Crippen LogP contribution in [-0.2, 0) is 10.0 Å². The summed E-state index contributed by atoms with van der Waals surface area (Å²) in [5.41, 5.74) is 0. The number of para-hydroxylation sites is 2. The Labute approximate surface area is 150 Å². The van der Waals surface area contributed by atoms with E-state index in [-0.39, 0.29) is 6.10 Å². The summed E-state index contributed by atoms with van der Waals surface area (Å²) in [5.74, 6) is 2.01. The molecule has 0 aliphatic heterocycles. The van der Waals surface area contributed by atoms with Gasteiger partial charge in [-0.1, -0.05) is 12.1 Å². The number of guanidine groups is 1. The highest BCUT2D eigenvalue weighted by molar-refractivity contribution is 7.88. The van der Waals surface area contributed by atoms with E-state index in [1.54, 1.807) is 14.2 Å². The van der Waals surface area contributed by atoms with Gasteiger partial charge in [-0.15, -0.1) is 0 Å². The van der Waals surface area contributed by atoms with Crippen molar-refractivity contribution in [3.05, 3.63) is 24.3 Å². The molecule has 0 radical (unpaired) electrons. The Balaban J connectivity index is 2.31. The van der Waals surface area contributed by atoms with E-state index in [4.69, 9.17) is 9.47 Å². The normalized spacial score (nSPS) is 13.2. The van der Waals surface area contributed by atoms with Crippen molar-refractivity contribution in [2.45, 2.75) is 19.4 Å². The van der Waals surface area contributed by atoms with Crippen LogP contribution in [0.5, 0.6) is 11.5 Å². The van der Waals surface area contributed by atoms with Crippen molar-refractivity contribution in [1.82, 2.24) is 15.4 Å². The summed E-state index contributed by atoms with van der Waals surface area (Å²) in [6.45, 7) is 3.49. The second-order valence-corrected chi connectivity index (χ2v) is 7.31. The van der Waals surface area contributed by atoms with E-state index in [0.717, 1.165) is 6.26 Å². The first kappa shape index (κ1) is 21.0. The molecule has 0 heterocycles. The van der Waals surface area contributed by atoms with Crippen LogP contribution < -0.4 is 24.8 Å². The van der Waals surface area contributed by atoms with Crippen LogP contribution in [-0.4, -0.2) is 60.5 Å². The van der Waals surface area contributed by atoms with Crippen LogP contribution in [0.1, 0.15) is 13.3 Å². The van der Waals surface area contributed by atoms with Gasteiger partial charge in [0.25, 0.3) is 0 Å². The molecule has 1 aromatic carbocycles. The molecule has 1 aromatic rings. The number of rotatable bonds is 10. The topological polar surface area (TPSA) is 101 Å². The van der Waals surface area contributed by atoms with E-state index >= 15 is 0 Å². The average molecular weight is 372 g/mol. The molecule has 1 unspecified atom stereocenters. The van der Waals surface area contributed by atoms with Gasteiger partial charge in [-0.25, -0.2) is 13.1 Å². The number of aliphatic imine (C=N–C) groups is 1. The van der Waals surface area contributed by atoms with Crippen LogP contribution in [0.15, 0.2) is 29.3 Å². The average Bonchev–Trinajstić information content (AvgIpc) is 2.56. The molecule has 1 atom stereocenters. The Hall–Kier alpha value is -2.00. The predicted molar refractivity (Wildman–Crippen MR) is 99.9 cm³/mol. The maximum absolute atomic E-state index is 11.0. The van der Waals surface area contributed by atoms with Gasteiger partial charge >= 0.3 is 0 Å². The van der Waals surface area contributed by atoms with E-state index in [1.165, 1.54) is 0 Å². The van der Waals surface area contributed by atoms with Gasteiger partial charge < -0.3 is 20.1 Å². The SMILES string of the molecule is CN=C(NCCCNS(C)(=O)=O)NCC(C)Oc1ccccc1OC. The zero-order valence-corrected chi connectivity index (χ0v) is 16.0. The van der Waals surface area contributed by atoms with E-state index in [9.17, 15) is 8.42 Å². The van der Waals surface area contributed by atoms with Gasteiger partial charge in [0.05, 0.1) is 19.9 Å². The van der Waals surface area contributed by atoms with E-state index in [1.807, 2.05) is 31.2 Å². The molecule has 1 rings (SSSR count). The maximum atomic E-state index is 11.0. The first-order valence-electron chi connectivity index (χ1n) is 8.04. The van der Waals surface area contributed by atoms with Crippen LogP contribution in [0.2, 0.25) is 0 Å². The third kappa shape index (κ3) is 9.16. The molecule has 0 saturated heterocycles. The van der Waals surface area contributed by atoms with Gasteiger partial charge in [-0.05, 0) is 25.5 Å². The molecule has 9 heteroatoms. The third-order valence-corrected chi connectivity index (χ3v) is 3.92. The lowest BCUT2D eigenvalue weighted by Crippen LogP contribution is -2.42. The number of methoxy groups -OCH3 is 1. The molecular formula is C16H28N4O4S. The fraction of sp³-hybridized carbons (Fsp3) is 0.562. The van der Waals surface area contributed by atoms with Crippen molar-refractivity contribution in [2.24, 2.45) is 4.99 Å². The predicted octanol–water partition coefficient (Wildman–Crippen LogP) is 0.567. The van der Waals surface area contributed by atoms with Gasteiger partial charge in [-0.3, -0.25) is 4.99 Å². The molecule has 0 spiro atoms. The lowest BCUT2D eigenvalue weighted by molar-refractivity contribution is 0.213. The maximum Gasteiger partial charge on any atom is 0.208 e. The van der Waals surface area contributed by atoms with Gasteiger partial charge in [0.15, 0.2) is 17.5 Å². The second kappa shape index (κ2) is 10.8. The summed E-state index contributed by atoms with van der Waals surface area (Å²) in [4.78, 5) is 4.12. The van der Waals surface area contributed by atoms with Crippen LogP contribution in [0.4, 0.5) is 0 Å². The Morgan fingerprint density at radius 3 is 2.48 bits per heavy atom. The molecule has 0 saturated carbocycles. The van der Waals surface area contributed by atoms with Crippen LogP contribution in [0.25, 0.3) is 0 Å². The molecular weight excluding hydrogens is 344 g/mol. The highest BCUT2D eigenvalue weighted by atomic mass is 32.2. The fourth-order valence-electron chi connectivity index (χ4n) is 1.99. The Morgan fingerprint density at radius 1 is 1.20 bits per heavy atom. The number of hydrogen-bond donors (Lipinski definition) is 3. The van der Waals surface area contributed by atoms with Crippen molar-refractivity contribution in [2.75, 3.05) is 40.0 Å². The molecule has 0 aliphatic rings. The molecule has 0 amide bonds. The quantitative estimate of drug-likeness (QED) is 0.315. The van der Waals surface area contributed by atoms with Crippen molar-refractivity contribution >= 4 is 16.0 Å². The molecule has 3 N–H and O–H groups in total. The molecule has 0 aliphatic carbocycles. The molecule has 0 bridgehead atoms. The smallest absolute Gasteiger partial charge is 0.208 e. The minimum absolute atomic E-state index is 0.0956.